The predicted molar refractivity (Wildman–Crippen MR) is 159 cm³/mol. The summed E-state index contributed by atoms with van der Waals surface area (Å²) in [7, 11) is -1.11. The maximum Gasteiger partial charge on any atom is 0.263 e. The molecule has 13 heteroatoms. The number of carbonyl (C=O) groups is 2. The van der Waals surface area contributed by atoms with E-state index in [2.05, 4.69) is 25.3 Å². The number of fused-ring (bicyclic) bond motifs is 1. The highest BCUT2D eigenvalue weighted by molar-refractivity contribution is 7.92. The first kappa shape index (κ1) is 28.6. The lowest BCUT2D eigenvalue weighted by atomic mass is 9.98. The van der Waals surface area contributed by atoms with Crippen LogP contribution in [0.3, 0.4) is 0 Å². The van der Waals surface area contributed by atoms with Crippen LogP contribution in [0, 0.1) is 5.92 Å². The molecule has 0 spiro atoms. The summed E-state index contributed by atoms with van der Waals surface area (Å²) in [5, 5.41) is 5.88. The molecule has 4 aromatic rings. The Labute approximate surface area is 243 Å². The fourth-order valence-electron chi connectivity index (χ4n) is 4.42. The molecule has 0 atom stereocenters. The number of carbonyl (C=O) groups excluding carboxylic acids is 2. The van der Waals surface area contributed by atoms with E-state index in [1.165, 1.54) is 32.4 Å². The number of benzene rings is 3. The van der Waals surface area contributed by atoms with Crippen LogP contribution in [0.15, 0.2) is 71.6 Å². The van der Waals surface area contributed by atoms with Crippen molar-refractivity contribution in [1.29, 1.82) is 0 Å². The van der Waals surface area contributed by atoms with Crippen LogP contribution in [0.1, 0.15) is 13.3 Å². The van der Waals surface area contributed by atoms with Gasteiger partial charge in [-0.15, -0.1) is 0 Å². The Hall–Kier alpha value is -4.91. The number of amides is 2. The van der Waals surface area contributed by atoms with Crippen LogP contribution in [-0.2, 0) is 19.6 Å². The Morgan fingerprint density at radius 1 is 0.881 bits per heavy atom. The van der Waals surface area contributed by atoms with E-state index < -0.39 is 10.0 Å². The van der Waals surface area contributed by atoms with Crippen molar-refractivity contribution >= 4 is 55.9 Å². The van der Waals surface area contributed by atoms with Gasteiger partial charge >= 0.3 is 0 Å². The molecule has 1 aromatic heterocycles. The zero-order chi connectivity index (χ0) is 29.9. The number of nitrogens with zero attached hydrogens (tertiary/aromatic N) is 3. The summed E-state index contributed by atoms with van der Waals surface area (Å²) in [6.45, 7) is 2.45. The normalized spacial score (nSPS) is 13.3. The largest absolute Gasteiger partial charge is 0.497 e. The fraction of sp³-hybridized carbons (Fsp3) is 0.241. The lowest BCUT2D eigenvalue weighted by Gasteiger charge is -2.38. The van der Waals surface area contributed by atoms with Gasteiger partial charge in [0, 0.05) is 49.1 Å². The van der Waals surface area contributed by atoms with Gasteiger partial charge in [-0.1, -0.05) is 25.1 Å². The summed E-state index contributed by atoms with van der Waals surface area (Å²) in [5.41, 5.74) is 1.89. The minimum absolute atomic E-state index is 0.00518. The van der Waals surface area contributed by atoms with Crippen LogP contribution >= 0.6 is 0 Å². The van der Waals surface area contributed by atoms with Crippen molar-refractivity contribution in [2.24, 2.45) is 5.92 Å². The average molecular weight is 591 g/mol. The van der Waals surface area contributed by atoms with E-state index in [0.717, 1.165) is 0 Å². The van der Waals surface area contributed by atoms with Gasteiger partial charge in [0.05, 0.1) is 36.1 Å². The second-order valence-electron chi connectivity index (χ2n) is 9.61. The van der Waals surface area contributed by atoms with Crippen molar-refractivity contribution in [3.05, 3.63) is 66.7 Å². The number of hydrogen-bond donors (Lipinski definition) is 3. The monoisotopic (exact) mass is 590 g/mol. The number of likely N-dealkylation sites (tertiary alicyclic amines) is 1. The molecule has 3 aromatic carbocycles. The number of anilines is 4. The topological polar surface area (TPSA) is 152 Å². The first-order valence-electron chi connectivity index (χ1n) is 13.2. The highest BCUT2D eigenvalue weighted by Crippen LogP contribution is 2.32. The van der Waals surface area contributed by atoms with Gasteiger partial charge in [-0.3, -0.25) is 14.3 Å². The number of nitrogens with one attached hydrogen (secondary N) is 3. The Kier molecular flexibility index (Phi) is 8.11. The first-order valence-corrected chi connectivity index (χ1v) is 14.7. The van der Waals surface area contributed by atoms with Crippen LogP contribution < -0.4 is 24.8 Å². The number of rotatable bonds is 10. The Balaban J connectivity index is 1.40. The van der Waals surface area contributed by atoms with Crippen LogP contribution in [0.4, 0.5) is 23.0 Å². The predicted octanol–water partition coefficient (Wildman–Crippen LogP) is 4.00. The van der Waals surface area contributed by atoms with Crippen molar-refractivity contribution in [3.8, 4) is 11.5 Å². The molecule has 0 saturated carbocycles. The van der Waals surface area contributed by atoms with Crippen molar-refractivity contribution in [3.63, 3.8) is 0 Å². The molecule has 1 fully saturated rings. The third-order valence-electron chi connectivity index (χ3n) is 6.74. The van der Waals surface area contributed by atoms with Crippen molar-refractivity contribution in [1.82, 2.24) is 14.9 Å². The maximum atomic E-state index is 13.5. The Bertz CT molecular complexity index is 1730. The molecule has 0 radical (unpaired) electrons. The van der Waals surface area contributed by atoms with E-state index in [9.17, 15) is 18.0 Å². The quantitative estimate of drug-likeness (QED) is 0.249. The van der Waals surface area contributed by atoms with Crippen molar-refractivity contribution in [2.75, 3.05) is 42.7 Å². The number of ether oxygens (including phenoxy) is 2. The first-order chi connectivity index (χ1) is 20.2. The van der Waals surface area contributed by atoms with Crippen LogP contribution in [0.2, 0.25) is 0 Å². The van der Waals surface area contributed by atoms with Gasteiger partial charge in [-0.2, -0.15) is 0 Å². The number of para-hydroxylation sites is 2. The van der Waals surface area contributed by atoms with Gasteiger partial charge in [0.2, 0.25) is 11.8 Å². The van der Waals surface area contributed by atoms with Crippen molar-refractivity contribution < 1.29 is 27.5 Å². The SMILES string of the molecule is CCC(=O)N1CC(C(=O)Nc2cccc(S(=O)(=O)Nc3nc4ccccc4nc3Nc3cc(OC)cc(OC)c3)c2)C1. The third-order valence-corrected chi connectivity index (χ3v) is 8.07. The minimum Gasteiger partial charge on any atom is -0.497 e. The fourth-order valence-corrected chi connectivity index (χ4v) is 5.47. The van der Waals surface area contributed by atoms with Crippen molar-refractivity contribution in [2.45, 2.75) is 18.2 Å². The highest BCUT2D eigenvalue weighted by Gasteiger charge is 2.35. The molecule has 0 aliphatic carbocycles. The number of hydrogen-bond acceptors (Lipinski definition) is 9. The molecular formula is C29H30N6O6S. The number of methoxy groups -OCH3 is 2. The number of sulfonamides is 1. The molecule has 1 aliphatic heterocycles. The van der Waals surface area contributed by atoms with Gasteiger partial charge in [-0.05, 0) is 30.3 Å². The molecular weight excluding hydrogens is 560 g/mol. The van der Waals surface area contributed by atoms with Gasteiger partial charge in [-0.25, -0.2) is 18.4 Å². The lowest BCUT2D eigenvalue weighted by molar-refractivity contribution is -0.140. The third kappa shape index (κ3) is 6.20. The Morgan fingerprint density at radius 2 is 1.52 bits per heavy atom. The zero-order valence-electron chi connectivity index (χ0n) is 23.2. The molecule has 0 bridgehead atoms. The minimum atomic E-state index is -4.16. The second kappa shape index (κ2) is 11.9. The smallest absolute Gasteiger partial charge is 0.263 e. The van der Waals surface area contributed by atoms with E-state index in [4.69, 9.17) is 9.47 Å². The summed E-state index contributed by atoms with van der Waals surface area (Å²) < 4.78 is 40.3. The molecule has 3 N–H and O–H groups in total. The molecule has 1 saturated heterocycles. The molecule has 12 nitrogen and oxygen atoms in total. The average Bonchev–Trinajstić information content (AvgIpc) is 2.96. The van der Waals surface area contributed by atoms with Gasteiger partial charge in [0.15, 0.2) is 11.6 Å². The van der Waals surface area contributed by atoms with Crippen LogP contribution in [0.25, 0.3) is 11.0 Å². The number of aromatic nitrogens is 2. The van der Waals surface area contributed by atoms with Crippen LogP contribution in [-0.4, -0.2) is 62.4 Å². The van der Waals surface area contributed by atoms with Gasteiger partial charge < -0.3 is 25.0 Å². The highest BCUT2D eigenvalue weighted by atomic mass is 32.2. The second-order valence-corrected chi connectivity index (χ2v) is 11.3. The Morgan fingerprint density at radius 3 is 2.14 bits per heavy atom. The molecule has 42 heavy (non-hydrogen) atoms. The van der Waals surface area contributed by atoms with Gasteiger partial charge in [0.1, 0.15) is 11.5 Å². The summed E-state index contributed by atoms with van der Waals surface area (Å²) in [4.78, 5) is 35.1. The summed E-state index contributed by atoms with van der Waals surface area (Å²) in [6, 6.07) is 18.1. The van der Waals surface area contributed by atoms with E-state index in [1.807, 2.05) is 6.07 Å². The maximum absolute atomic E-state index is 13.5. The molecule has 5 rings (SSSR count). The van der Waals surface area contributed by atoms with E-state index in [1.54, 1.807) is 54.3 Å². The summed E-state index contributed by atoms with van der Waals surface area (Å²) in [6.07, 6.45) is 0.383. The lowest BCUT2D eigenvalue weighted by Crippen LogP contribution is -2.54. The molecule has 2 heterocycles. The molecule has 1 aliphatic rings. The van der Waals surface area contributed by atoms with Gasteiger partial charge in [0.25, 0.3) is 10.0 Å². The van der Waals surface area contributed by atoms with E-state index in [-0.39, 0.29) is 34.3 Å². The van der Waals surface area contributed by atoms with E-state index in [0.29, 0.717) is 53.4 Å². The standard InChI is InChI=1S/C29H30N6O6S/c1-4-26(36)35-16-18(17-35)29(37)31-19-8-7-9-23(14-19)42(38,39)34-28-27(32-24-10-5-6-11-25(24)33-28)30-20-12-21(40-2)15-22(13-20)41-3/h5-15,18H,4,16-17H2,1-3H3,(H,30,32)(H,31,37)(H,33,34). The molecule has 218 valence electrons. The summed E-state index contributed by atoms with van der Waals surface area (Å²) >= 11 is 0. The molecule has 2 amide bonds. The van der Waals surface area contributed by atoms with Crippen LogP contribution in [0.5, 0.6) is 11.5 Å². The summed E-state index contributed by atoms with van der Waals surface area (Å²) in [5.74, 6) is 0.549. The van der Waals surface area contributed by atoms with E-state index >= 15 is 0 Å². The molecule has 0 unspecified atom stereocenters. The zero-order valence-corrected chi connectivity index (χ0v) is 24.1.